The number of hydrogen-bond donors (Lipinski definition) is 3. The fourth-order valence-corrected chi connectivity index (χ4v) is 8.59. The summed E-state index contributed by atoms with van der Waals surface area (Å²) in [5.74, 6) is 1.00. The van der Waals surface area contributed by atoms with Crippen molar-refractivity contribution in [2.24, 2.45) is 0 Å². The molecule has 14 heteroatoms. The van der Waals surface area contributed by atoms with Crippen molar-refractivity contribution >= 4 is 80.2 Å². The Hall–Kier alpha value is -6.82. The summed E-state index contributed by atoms with van der Waals surface area (Å²) in [6.07, 6.45) is 1.61. The van der Waals surface area contributed by atoms with Crippen LogP contribution in [0.15, 0.2) is 140 Å². The summed E-state index contributed by atoms with van der Waals surface area (Å²) in [4.78, 5) is 49.6. The summed E-state index contributed by atoms with van der Waals surface area (Å²) < 4.78 is 17.2. The highest BCUT2D eigenvalue weighted by Gasteiger charge is 2.23. The van der Waals surface area contributed by atoms with E-state index in [0.717, 1.165) is 51.8 Å². The number of carbonyl (C=O) groups excluding carboxylic acids is 2. The molecule has 0 bridgehead atoms. The number of rotatable bonds is 10. The van der Waals surface area contributed by atoms with Gasteiger partial charge in [0.15, 0.2) is 0 Å². The summed E-state index contributed by atoms with van der Waals surface area (Å²) in [5.41, 5.74) is 7.73. The quantitative estimate of drug-likeness (QED) is 0.115. The summed E-state index contributed by atoms with van der Waals surface area (Å²) >= 11 is 25.0. The van der Waals surface area contributed by atoms with Crippen molar-refractivity contribution in [3.05, 3.63) is 184 Å². The van der Waals surface area contributed by atoms with Crippen molar-refractivity contribution in [2.75, 3.05) is 7.11 Å². The number of amides is 2. The molecule has 1 unspecified atom stereocenters. The Balaban J connectivity index is 0.000000185. The molecule has 0 fully saturated rings. The summed E-state index contributed by atoms with van der Waals surface area (Å²) in [7, 11) is 1.59. The van der Waals surface area contributed by atoms with Crippen LogP contribution in [0.4, 0.5) is 0 Å². The maximum Gasteiger partial charge on any atom is 0.251 e. The predicted octanol–water partition coefficient (Wildman–Crippen LogP) is 13.5. The minimum Gasteiger partial charge on any atom is -0.506 e. The van der Waals surface area contributed by atoms with Crippen LogP contribution in [0.2, 0.25) is 20.1 Å². The monoisotopic (exact) mass is 986 g/mol. The molecule has 1 atom stereocenters. The maximum absolute atomic E-state index is 12.8. The Morgan fingerprint density at radius 1 is 0.647 bits per heavy atom. The lowest BCUT2D eigenvalue weighted by Gasteiger charge is -2.17. The van der Waals surface area contributed by atoms with Crippen LogP contribution in [-0.4, -0.2) is 30.1 Å². The number of hydrogen-bond acceptors (Lipinski definition) is 8. The second-order valence-electron chi connectivity index (χ2n) is 16.1. The first kappa shape index (κ1) is 47.7. The van der Waals surface area contributed by atoms with Crippen molar-refractivity contribution < 1.29 is 28.3 Å². The maximum atomic E-state index is 12.8. The van der Waals surface area contributed by atoms with Gasteiger partial charge in [-0.15, -0.1) is 0 Å². The van der Waals surface area contributed by atoms with Gasteiger partial charge in [0.25, 0.3) is 11.8 Å². The van der Waals surface area contributed by atoms with E-state index in [1.54, 1.807) is 61.7 Å². The van der Waals surface area contributed by atoms with Gasteiger partial charge in [-0.25, -0.2) is 0 Å². The summed E-state index contributed by atoms with van der Waals surface area (Å²) in [5, 5.41) is 18.4. The van der Waals surface area contributed by atoms with Crippen LogP contribution in [0.5, 0.6) is 11.5 Å². The zero-order valence-corrected chi connectivity index (χ0v) is 40.1. The number of methoxy groups -OCH3 is 1. The number of halogens is 4. The Kier molecular flexibility index (Phi) is 14.2. The standard InChI is InChI=1S/C28H19Cl2NO5.C26H23Cl2NO3/c1-35-18-4-2-3-15(9-18)14-31-28(34)17-7-5-16(6-8-17)27-19-10-21(29)23(32)12-25(19)36-26-13-24(33)22(30)11-20(26)27;1-4-14(3)29-26(31)17-8-6-16(7-9-17)25-18-11-20(27)15(5-2)10-23(18)32-24-13-22(30)21(28)12-19(24)25/h2-13,32H,14H2,1H3,(H,31,34);6-14H,4-5H2,1-3H3,(H,29,31). The molecule has 9 rings (SSSR count). The van der Waals surface area contributed by atoms with E-state index >= 15 is 0 Å². The number of nitrogens with one attached hydrogen (secondary N) is 2. The molecular weight excluding hydrogens is 946 g/mol. The summed E-state index contributed by atoms with van der Waals surface area (Å²) in [6, 6.07) is 34.7. The molecule has 0 radical (unpaired) electrons. The van der Waals surface area contributed by atoms with Crippen molar-refractivity contribution in [2.45, 2.75) is 46.2 Å². The molecule has 5 aromatic carbocycles. The number of aryl methyl sites for hydroxylation is 1. The fourth-order valence-electron chi connectivity index (χ4n) is 7.80. The smallest absolute Gasteiger partial charge is 0.251 e. The number of ether oxygens (including phenoxy) is 1. The van der Waals surface area contributed by atoms with E-state index in [1.165, 1.54) is 18.2 Å². The van der Waals surface area contributed by atoms with Crippen molar-refractivity contribution in [1.82, 2.24) is 10.6 Å². The van der Waals surface area contributed by atoms with Gasteiger partial charge < -0.3 is 29.3 Å². The molecule has 0 saturated heterocycles. The second kappa shape index (κ2) is 20.2. The number of phenols is 1. The van der Waals surface area contributed by atoms with E-state index in [9.17, 15) is 24.3 Å². The molecule has 2 aliphatic carbocycles. The third kappa shape index (κ3) is 9.91. The van der Waals surface area contributed by atoms with Gasteiger partial charge in [0.05, 0.1) is 22.2 Å². The molecule has 2 amide bonds. The van der Waals surface area contributed by atoms with E-state index < -0.39 is 0 Å². The molecule has 3 N–H and O–H groups in total. The number of carbonyl (C=O) groups is 2. The lowest BCUT2D eigenvalue weighted by atomic mass is 9.92. The predicted molar refractivity (Wildman–Crippen MR) is 272 cm³/mol. The minimum absolute atomic E-state index is 0.0525. The van der Waals surface area contributed by atoms with Crippen LogP contribution in [-0.2, 0) is 13.0 Å². The van der Waals surface area contributed by atoms with E-state index in [4.69, 9.17) is 60.0 Å². The number of fused-ring (bicyclic) bond motifs is 4. The lowest BCUT2D eigenvalue weighted by Crippen LogP contribution is -2.31. The highest BCUT2D eigenvalue weighted by molar-refractivity contribution is 6.34. The molecule has 4 aliphatic rings. The van der Waals surface area contributed by atoms with Crippen molar-refractivity contribution in [3.63, 3.8) is 0 Å². The first-order valence-corrected chi connectivity index (χ1v) is 23.1. The van der Waals surface area contributed by atoms with E-state index in [1.807, 2.05) is 69.3 Å². The van der Waals surface area contributed by atoms with Crippen LogP contribution in [0.25, 0.3) is 66.8 Å². The third-order valence-corrected chi connectivity index (χ3v) is 12.9. The molecule has 0 aromatic heterocycles. The van der Waals surface area contributed by atoms with Gasteiger partial charge in [-0.3, -0.25) is 19.2 Å². The molecular formula is C54H42Cl4N2O8. The number of phenolic OH excluding ortho intramolecular Hbond substituents is 1. The molecule has 344 valence electrons. The first-order chi connectivity index (χ1) is 32.6. The van der Waals surface area contributed by atoms with Crippen LogP contribution in [0.1, 0.15) is 59.0 Å². The highest BCUT2D eigenvalue weighted by Crippen LogP contribution is 2.44. The van der Waals surface area contributed by atoms with Gasteiger partial charge in [-0.2, -0.15) is 0 Å². The zero-order chi connectivity index (χ0) is 48.4. The Labute approximate surface area is 410 Å². The van der Waals surface area contributed by atoms with Gasteiger partial charge in [0, 0.05) is 80.0 Å². The van der Waals surface area contributed by atoms with E-state index in [-0.39, 0.29) is 49.5 Å². The SMILES string of the molecule is CCc1cc2oc3cc(=O)c(Cl)cc-3c(-c3ccc(C(=O)NC(C)CC)cc3)c2cc1Cl.COc1cccc(CNC(=O)c2ccc(-c3c4cc(Cl)c(=O)cc-4oc4cc(O)c(Cl)cc34)cc2)c1. The average Bonchev–Trinajstić information content (AvgIpc) is 3.33. The Morgan fingerprint density at radius 3 is 1.71 bits per heavy atom. The molecule has 0 saturated carbocycles. The largest absolute Gasteiger partial charge is 0.506 e. The average molecular weight is 989 g/mol. The van der Waals surface area contributed by atoms with Crippen molar-refractivity contribution in [3.8, 4) is 56.4 Å². The third-order valence-electron chi connectivity index (χ3n) is 11.6. The van der Waals surface area contributed by atoms with Crippen LogP contribution < -0.4 is 26.2 Å². The minimum atomic E-state index is -0.376. The molecule has 0 spiro atoms. The lowest BCUT2D eigenvalue weighted by molar-refractivity contribution is 0.0935. The van der Waals surface area contributed by atoms with Crippen LogP contribution >= 0.6 is 46.4 Å². The first-order valence-electron chi connectivity index (χ1n) is 21.6. The molecule has 2 aliphatic heterocycles. The second-order valence-corrected chi connectivity index (χ2v) is 17.7. The van der Waals surface area contributed by atoms with Crippen LogP contribution in [0.3, 0.4) is 0 Å². The van der Waals surface area contributed by atoms with Crippen LogP contribution in [0, 0.1) is 0 Å². The molecule has 2 heterocycles. The van der Waals surface area contributed by atoms with Gasteiger partial charge in [0.1, 0.15) is 34.2 Å². The van der Waals surface area contributed by atoms with Gasteiger partial charge >= 0.3 is 0 Å². The number of aromatic hydroxyl groups is 1. The summed E-state index contributed by atoms with van der Waals surface area (Å²) in [6.45, 7) is 6.37. The fraction of sp³-hybridized carbons (Fsp3) is 0.148. The highest BCUT2D eigenvalue weighted by atomic mass is 35.5. The van der Waals surface area contributed by atoms with Gasteiger partial charge in [-0.05, 0) is 109 Å². The van der Waals surface area contributed by atoms with E-state index in [0.29, 0.717) is 67.5 Å². The van der Waals surface area contributed by atoms with Gasteiger partial charge in [-0.1, -0.05) is 96.6 Å². The number of benzene rings is 7. The van der Waals surface area contributed by atoms with E-state index in [2.05, 4.69) is 10.6 Å². The molecule has 10 nitrogen and oxygen atoms in total. The van der Waals surface area contributed by atoms with Crippen molar-refractivity contribution in [1.29, 1.82) is 0 Å². The topological polar surface area (TPSA) is 148 Å². The Morgan fingerprint density at radius 2 is 1.18 bits per heavy atom. The molecule has 68 heavy (non-hydrogen) atoms. The molecule has 5 aromatic rings. The Bertz CT molecular complexity index is 3440. The normalized spacial score (nSPS) is 11.6. The van der Waals surface area contributed by atoms with Gasteiger partial charge in [0.2, 0.25) is 10.9 Å². The zero-order valence-electron chi connectivity index (χ0n) is 37.1.